The lowest BCUT2D eigenvalue weighted by Gasteiger charge is -2.24. The normalized spacial score (nSPS) is 20.9. The van der Waals surface area contributed by atoms with Crippen molar-refractivity contribution < 1.29 is 5.11 Å². The van der Waals surface area contributed by atoms with Gasteiger partial charge in [0.05, 0.1) is 11.6 Å². The molecule has 0 aliphatic carbocycles. The standard InChI is InChI=1S/C25H30N6O/c1-15(30-13-19(26)21(32)14-30)17-9-11-22-28-29-24(31(22)12-17)20-10-8-16-6-5-7-18(23(16)27-20)25(2,3)4/h5-12,15,19,21,32H,13-14,26H2,1-4H3/t15-,19+,21-/m0/s1. The Morgan fingerprint density at radius 3 is 2.59 bits per heavy atom. The van der Waals surface area contributed by atoms with Crippen molar-refractivity contribution in [3.05, 3.63) is 59.8 Å². The maximum atomic E-state index is 10.1. The first-order valence-electron chi connectivity index (χ1n) is 11.2. The molecule has 0 bridgehead atoms. The van der Waals surface area contributed by atoms with Gasteiger partial charge in [-0.2, -0.15) is 0 Å². The molecule has 1 aliphatic heterocycles. The molecule has 0 radical (unpaired) electrons. The summed E-state index contributed by atoms with van der Waals surface area (Å²) in [6.45, 7) is 10.0. The number of aliphatic hydroxyl groups excluding tert-OH is 1. The van der Waals surface area contributed by atoms with Gasteiger partial charge in [-0.25, -0.2) is 4.98 Å². The van der Waals surface area contributed by atoms with Gasteiger partial charge in [0.1, 0.15) is 5.69 Å². The molecular formula is C25H30N6O. The smallest absolute Gasteiger partial charge is 0.187 e. The number of nitrogens with two attached hydrogens (primary N) is 1. The Kier molecular flexibility index (Phi) is 5.00. The summed E-state index contributed by atoms with van der Waals surface area (Å²) in [6, 6.07) is 14.4. The van der Waals surface area contributed by atoms with Gasteiger partial charge >= 0.3 is 0 Å². The number of aromatic nitrogens is 4. The van der Waals surface area contributed by atoms with E-state index in [1.807, 2.05) is 16.5 Å². The number of hydrogen-bond acceptors (Lipinski definition) is 6. The minimum atomic E-state index is -0.481. The first kappa shape index (κ1) is 21.0. The van der Waals surface area contributed by atoms with E-state index in [1.54, 1.807) is 0 Å². The molecule has 1 aliphatic rings. The molecular weight excluding hydrogens is 400 g/mol. The van der Waals surface area contributed by atoms with Crippen LogP contribution in [0.4, 0.5) is 0 Å². The summed E-state index contributed by atoms with van der Waals surface area (Å²) in [5.74, 6) is 0.720. The van der Waals surface area contributed by atoms with E-state index in [0.717, 1.165) is 33.6 Å². The number of hydrogen-bond donors (Lipinski definition) is 2. The fraction of sp³-hybridized carbons (Fsp3) is 0.400. The van der Waals surface area contributed by atoms with Gasteiger partial charge in [0, 0.05) is 36.8 Å². The van der Waals surface area contributed by atoms with Crippen LogP contribution in [0.5, 0.6) is 0 Å². The molecule has 0 amide bonds. The quantitative estimate of drug-likeness (QED) is 0.518. The number of para-hydroxylation sites is 1. The van der Waals surface area contributed by atoms with Crippen LogP contribution in [-0.4, -0.2) is 54.8 Å². The Labute approximate surface area is 187 Å². The maximum absolute atomic E-state index is 10.1. The monoisotopic (exact) mass is 430 g/mol. The van der Waals surface area contributed by atoms with E-state index in [1.165, 1.54) is 5.56 Å². The van der Waals surface area contributed by atoms with Crippen molar-refractivity contribution >= 4 is 16.6 Å². The lowest BCUT2D eigenvalue weighted by molar-refractivity contribution is 0.155. The third kappa shape index (κ3) is 3.56. The van der Waals surface area contributed by atoms with E-state index in [9.17, 15) is 5.11 Å². The molecule has 3 aromatic heterocycles. The molecule has 7 nitrogen and oxygen atoms in total. The third-order valence-corrected chi connectivity index (χ3v) is 6.57. The van der Waals surface area contributed by atoms with Crippen molar-refractivity contribution in [3.63, 3.8) is 0 Å². The van der Waals surface area contributed by atoms with Gasteiger partial charge in [0.25, 0.3) is 0 Å². The summed E-state index contributed by atoms with van der Waals surface area (Å²) in [4.78, 5) is 7.24. The molecule has 5 rings (SSSR count). The molecule has 1 fully saturated rings. The molecule has 32 heavy (non-hydrogen) atoms. The van der Waals surface area contributed by atoms with Crippen LogP contribution in [0.3, 0.4) is 0 Å². The molecule has 7 heteroatoms. The van der Waals surface area contributed by atoms with Crippen molar-refractivity contribution in [1.29, 1.82) is 0 Å². The van der Waals surface area contributed by atoms with E-state index in [2.05, 4.69) is 79.3 Å². The first-order chi connectivity index (χ1) is 15.2. The van der Waals surface area contributed by atoms with Gasteiger partial charge in [0.15, 0.2) is 11.5 Å². The highest BCUT2D eigenvalue weighted by molar-refractivity contribution is 5.84. The molecule has 0 unspecified atom stereocenters. The average Bonchev–Trinajstić information content (AvgIpc) is 3.34. The molecule has 1 aromatic carbocycles. The van der Waals surface area contributed by atoms with Crippen molar-refractivity contribution in [1.82, 2.24) is 24.5 Å². The Morgan fingerprint density at radius 2 is 1.88 bits per heavy atom. The van der Waals surface area contributed by atoms with E-state index in [-0.39, 0.29) is 17.5 Å². The topological polar surface area (TPSA) is 92.6 Å². The Morgan fingerprint density at radius 1 is 1.06 bits per heavy atom. The van der Waals surface area contributed by atoms with Gasteiger partial charge in [0.2, 0.25) is 0 Å². The predicted octanol–water partition coefficient (Wildman–Crippen LogP) is 3.31. The lowest BCUT2D eigenvalue weighted by Crippen LogP contribution is -2.32. The average molecular weight is 431 g/mol. The Balaban J connectivity index is 1.58. The number of rotatable bonds is 3. The van der Waals surface area contributed by atoms with Crippen LogP contribution in [0, 0.1) is 0 Å². The first-order valence-corrected chi connectivity index (χ1v) is 11.2. The third-order valence-electron chi connectivity index (χ3n) is 6.57. The summed E-state index contributed by atoms with van der Waals surface area (Å²) >= 11 is 0. The molecule has 4 heterocycles. The molecule has 1 saturated heterocycles. The molecule has 0 saturated carbocycles. The van der Waals surface area contributed by atoms with Crippen molar-refractivity contribution in [2.45, 2.75) is 51.3 Å². The zero-order chi connectivity index (χ0) is 22.6. The zero-order valence-corrected chi connectivity index (χ0v) is 19.0. The minimum Gasteiger partial charge on any atom is -0.390 e. The van der Waals surface area contributed by atoms with Crippen LogP contribution in [-0.2, 0) is 5.41 Å². The van der Waals surface area contributed by atoms with E-state index < -0.39 is 6.10 Å². The summed E-state index contributed by atoms with van der Waals surface area (Å²) in [6.07, 6.45) is 1.60. The van der Waals surface area contributed by atoms with E-state index >= 15 is 0 Å². The van der Waals surface area contributed by atoms with Gasteiger partial charge in [-0.1, -0.05) is 51.1 Å². The number of nitrogens with zero attached hydrogens (tertiary/aromatic N) is 5. The number of β-amino-alcohol motifs (C(OH)–C–C–N with tert-alkyl or cyclic N) is 1. The minimum absolute atomic E-state index is 0.0121. The van der Waals surface area contributed by atoms with Crippen molar-refractivity contribution in [2.75, 3.05) is 13.1 Å². The summed E-state index contributed by atoms with van der Waals surface area (Å²) in [5, 5.41) is 20.0. The number of likely N-dealkylation sites (tertiary alicyclic amines) is 1. The fourth-order valence-electron chi connectivity index (χ4n) is 4.58. The van der Waals surface area contributed by atoms with Crippen LogP contribution in [0.15, 0.2) is 48.7 Å². The summed E-state index contributed by atoms with van der Waals surface area (Å²) in [5.41, 5.74) is 10.9. The van der Waals surface area contributed by atoms with Gasteiger partial charge in [-0.05, 0) is 35.6 Å². The molecule has 0 spiro atoms. The lowest BCUT2D eigenvalue weighted by atomic mass is 9.85. The Hall–Kier alpha value is -2.87. The van der Waals surface area contributed by atoms with Crippen LogP contribution in [0.25, 0.3) is 28.1 Å². The Bertz CT molecular complexity index is 1280. The van der Waals surface area contributed by atoms with E-state index in [4.69, 9.17) is 10.7 Å². The fourth-order valence-corrected chi connectivity index (χ4v) is 4.58. The second-order valence-corrected chi connectivity index (χ2v) is 9.90. The zero-order valence-electron chi connectivity index (χ0n) is 19.0. The number of pyridine rings is 2. The summed E-state index contributed by atoms with van der Waals surface area (Å²) in [7, 11) is 0. The SMILES string of the molecule is C[C@@H](c1ccc2nnc(-c3ccc4cccc(C(C)(C)C)c4n3)n2c1)N1C[C@@H](N)[C@@H](O)C1. The van der Waals surface area contributed by atoms with Crippen LogP contribution < -0.4 is 5.73 Å². The van der Waals surface area contributed by atoms with Crippen molar-refractivity contribution in [3.8, 4) is 11.5 Å². The molecule has 166 valence electrons. The van der Waals surface area contributed by atoms with Crippen molar-refractivity contribution in [2.24, 2.45) is 5.73 Å². The predicted molar refractivity (Wildman–Crippen MR) is 126 cm³/mol. The second-order valence-electron chi connectivity index (χ2n) is 9.90. The second kappa shape index (κ2) is 7.62. The molecule has 4 aromatic rings. The van der Waals surface area contributed by atoms with Crippen LogP contribution in [0.1, 0.15) is 44.9 Å². The highest BCUT2D eigenvalue weighted by Gasteiger charge is 2.32. The van der Waals surface area contributed by atoms with Crippen LogP contribution >= 0.6 is 0 Å². The number of fused-ring (bicyclic) bond motifs is 2. The maximum Gasteiger partial charge on any atom is 0.187 e. The van der Waals surface area contributed by atoms with Crippen LogP contribution in [0.2, 0.25) is 0 Å². The highest BCUT2D eigenvalue weighted by Crippen LogP contribution is 2.31. The van der Waals surface area contributed by atoms with Gasteiger partial charge in [-0.15, -0.1) is 10.2 Å². The highest BCUT2D eigenvalue weighted by atomic mass is 16.3. The van der Waals surface area contributed by atoms with E-state index in [0.29, 0.717) is 13.1 Å². The molecule has 3 atom stereocenters. The number of benzene rings is 1. The largest absolute Gasteiger partial charge is 0.390 e. The number of aliphatic hydroxyl groups is 1. The molecule has 3 N–H and O–H groups in total. The van der Waals surface area contributed by atoms with Gasteiger partial charge < -0.3 is 10.8 Å². The van der Waals surface area contributed by atoms with Gasteiger partial charge in [-0.3, -0.25) is 9.30 Å². The summed E-state index contributed by atoms with van der Waals surface area (Å²) < 4.78 is 2.01.